The zero-order valence-electron chi connectivity index (χ0n) is 21.7. The molecule has 38 heavy (non-hydrogen) atoms. The third kappa shape index (κ3) is 4.59. The average Bonchev–Trinajstić information content (AvgIpc) is 3.40. The largest absolute Gasteiger partial charge is 0.369 e. The molecule has 1 aliphatic rings. The van der Waals surface area contributed by atoms with Crippen LogP contribution in [0.5, 0.6) is 0 Å². The number of aromatic nitrogens is 5. The standard InChI is InChI=1S/C30H31N7O/c1-21-13-14-22(2)27-25(21)19-26(30(38)31-27)28(29-32-33-34-37(29)20-23-9-5-3-6-10-23)36-17-15-35(16-18-36)24-11-7-4-8-12-24/h3-14,19,28H,15-18,20H2,1-2H3,(H,31,38)/t28-/m0/s1. The molecule has 8 nitrogen and oxygen atoms in total. The van der Waals surface area contributed by atoms with Crippen LogP contribution in [0, 0.1) is 13.8 Å². The molecule has 1 aliphatic heterocycles. The fraction of sp³-hybridized carbons (Fsp3) is 0.267. The number of aromatic amines is 1. The first-order valence-electron chi connectivity index (χ1n) is 13.1. The maximum absolute atomic E-state index is 13.7. The van der Waals surface area contributed by atoms with E-state index in [4.69, 9.17) is 0 Å². The molecule has 0 saturated carbocycles. The summed E-state index contributed by atoms with van der Waals surface area (Å²) in [5.74, 6) is 0.678. The molecular weight excluding hydrogens is 474 g/mol. The lowest BCUT2D eigenvalue weighted by Gasteiger charge is -2.39. The molecule has 3 heterocycles. The number of fused-ring (bicyclic) bond motifs is 1. The highest BCUT2D eigenvalue weighted by atomic mass is 16.1. The molecular formula is C30H31N7O. The summed E-state index contributed by atoms with van der Waals surface area (Å²) in [6, 6.07) is 26.4. The molecule has 192 valence electrons. The van der Waals surface area contributed by atoms with Gasteiger partial charge in [0.25, 0.3) is 5.56 Å². The molecule has 1 atom stereocenters. The summed E-state index contributed by atoms with van der Waals surface area (Å²) in [7, 11) is 0. The van der Waals surface area contributed by atoms with Gasteiger partial charge in [0.05, 0.1) is 12.1 Å². The minimum absolute atomic E-state index is 0.101. The van der Waals surface area contributed by atoms with E-state index in [1.165, 1.54) is 5.69 Å². The monoisotopic (exact) mass is 505 g/mol. The maximum atomic E-state index is 13.7. The maximum Gasteiger partial charge on any atom is 0.253 e. The van der Waals surface area contributed by atoms with Crippen LogP contribution in [0.2, 0.25) is 0 Å². The normalized spacial score (nSPS) is 15.2. The van der Waals surface area contributed by atoms with Crippen molar-refractivity contribution in [2.24, 2.45) is 0 Å². The van der Waals surface area contributed by atoms with E-state index in [0.29, 0.717) is 17.9 Å². The number of H-pyrrole nitrogens is 1. The third-order valence-corrected chi connectivity index (χ3v) is 7.55. The lowest BCUT2D eigenvalue weighted by Crippen LogP contribution is -2.49. The smallest absolute Gasteiger partial charge is 0.253 e. The van der Waals surface area contributed by atoms with Gasteiger partial charge in [-0.25, -0.2) is 4.68 Å². The van der Waals surface area contributed by atoms with Crippen LogP contribution >= 0.6 is 0 Å². The van der Waals surface area contributed by atoms with Gasteiger partial charge in [0, 0.05) is 42.8 Å². The fourth-order valence-electron chi connectivity index (χ4n) is 5.45. The highest BCUT2D eigenvalue weighted by Gasteiger charge is 2.33. The predicted molar refractivity (Wildman–Crippen MR) is 149 cm³/mol. The lowest BCUT2D eigenvalue weighted by atomic mass is 9.99. The number of nitrogens with zero attached hydrogens (tertiary/aromatic N) is 6. The van der Waals surface area contributed by atoms with E-state index < -0.39 is 0 Å². The highest BCUT2D eigenvalue weighted by molar-refractivity contribution is 5.85. The Labute approximate surface area is 221 Å². The third-order valence-electron chi connectivity index (χ3n) is 7.55. The van der Waals surface area contributed by atoms with Crippen molar-refractivity contribution < 1.29 is 0 Å². The summed E-state index contributed by atoms with van der Waals surface area (Å²) >= 11 is 0. The highest BCUT2D eigenvalue weighted by Crippen LogP contribution is 2.30. The van der Waals surface area contributed by atoms with E-state index in [9.17, 15) is 4.79 Å². The van der Waals surface area contributed by atoms with Crippen LogP contribution in [0.3, 0.4) is 0 Å². The Morgan fingerprint density at radius 2 is 1.55 bits per heavy atom. The van der Waals surface area contributed by atoms with Crippen molar-refractivity contribution in [3.05, 3.63) is 117 Å². The molecule has 2 aromatic heterocycles. The molecule has 1 N–H and O–H groups in total. The van der Waals surface area contributed by atoms with E-state index in [1.54, 1.807) is 0 Å². The van der Waals surface area contributed by atoms with Crippen LogP contribution in [-0.4, -0.2) is 56.3 Å². The van der Waals surface area contributed by atoms with E-state index in [0.717, 1.165) is 53.8 Å². The predicted octanol–water partition coefficient (Wildman–Crippen LogP) is 4.09. The molecule has 0 radical (unpaired) electrons. The fourth-order valence-corrected chi connectivity index (χ4v) is 5.45. The van der Waals surface area contributed by atoms with Crippen molar-refractivity contribution in [2.75, 3.05) is 31.1 Å². The Hall–Kier alpha value is -4.30. The molecule has 1 saturated heterocycles. The minimum atomic E-state index is -0.375. The number of aryl methyl sites for hydroxylation is 2. The zero-order chi connectivity index (χ0) is 26.1. The van der Waals surface area contributed by atoms with Crippen molar-refractivity contribution in [1.82, 2.24) is 30.1 Å². The number of piperazine rings is 1. The molecule has 0 unspecified atom stereocenters. The minimum Gasteiger partial charge on any atom is -0.369 e. The van der Waals surface area contributed by atoms with Gasteiger partial charge in [-0.15, -0.1) is 5.10 Å². The van der Waals surface area contributed by atoms with Crippen LogP contribution in [0.1, 0.15) is 34.1 Å². The van der Waals surface area contributed by atoms with Crippen molar-refractivity contribution in [3.8, 4) is 0 Å². The van der Waals surface area contributed by atoms with Gasteiger partial charge in [-0.3, -0.25) is 9.69 Å². The van der Waals surface area contributed by atoms with E-state index in [-0.39, 0.29) is 11.6 Å². The van der Waals surface area contributed by atoms with Gasteiger partial charge >= 0.3 is 0 Å². The van der Waals surface area contributed by atoms with Gasteiger partial charge in [-0.1, -0.05) is 60.7 Å². The summed E-state index contributed by atoms with van der Waals surface area (Å²) in [6.45, 7) is 7.90. The van der Waals surface area contributed by atoms with E-state index >= 15 is 0 Å². The number of pyridine rings is 1. The molecule has 1 fully saturated rings. The molecule has 0 bridgehead atoms. The SMILES string of the molecule is Cc1ccc(C)c2[nH]c(=O)c([C@@H](c3nnnn3Cc3ccccc3)N3CCN(c4ccccc4)CC3)cc12. The van der Waals surface area contributed by atoms with Crippen molar-refractivity contribution in [1.29, 1.82) is 0 Å². The Morgan fingerprint density at radius 3 is 2.29 bits per heavy atom. The molecule has 5 aromatic rings. The van der Waals surface area contributed by atoms with Crippen LogP contribution in [-0.2, 0) is 6.54 Å². The second-order valence-electron chi connectivity index (χ2n) is 9.98. The Morgan fingerprint density at radius 1 is 0.868 bits per heavy atom. The first-order valence-corrected chi connectivity index (χ1v) is 13.1. The van der Waals surface area contributed by atoms with Crippen molar-refractivity contribution in [3.63, 3.8) is 0 Å². The van der Waals surface area contributed by atoms with Gasteiger partial charge in [0.1, 0.15) is 6.04 Å². The van der Waals surface area contributed by atoms with Gasteiger partial charge in [0.15, 0.2) is 5.82 Å². The molecule has 0 aliphatic carbocycles. The number of rotatable bonds is 6. The first-order chi connectivity index (χ1) is 18.6. The molecule has 0 amide bonds. The molecule has 8 heteroatoms. The quantitative estimate of drug-likeness (QED) is 0.374. The molecule has 3 aromatic carbocycles. The summed E-state index contributed by atoms with van der Waals surface area (Å²) in [4.78, 5) is 21.6. The van der Waals surface area contributed by atoms with Gasteiger partial charge in [0.2, 0.25) is 0 Å². The first kappa shape index (κ1) is 24.1. The number of nitrogens with one attached hydrogen (secondary N) is 1. The number of anilines is 1. The number of para-hydroxylation sites is 1. The number of hydrogen-bond donors (Lipinski definition) is 1. The van der Waals surface area contributed by atoms with Crippen LogP contribution < -0.4 is 10.5 Å². The van der Waals surface area contributed by atoms with E-state index in [2.05, 4.69) is 79.7 Å². The van der Waals surface area contributed by atoms with Gasteiger partial charge in [-0.05, 0) is 59.2 Å². The van der Waals surface area contributed by atoms with Crippen LogP contribution in [0.15, 0.2) is 83.7 Å². The Bertz CT molecular complexity index is 1600. The lowest BCUT2D eigenvalue weighted by molar-refractivity contribution is 0.200. The average molecular weight is 506 g/mol. The second kappa shape index (κ2) is 10.2. The second-order valence-corrected chi connectivity index (χ2v) is 9.98. The topological polar surface area (TPSA) is 82.9 Å². The van der Waals surface area contributed by atoms with Crippen LogP contribution in [0.25, 0.3) is 10.9 Å². The van der Waals surface area contributed by atoms with Crippen molar-refractivity contribution >= 4 is 16.6 Å². The van der Waals surface area contributed by atoms with Crippen molar-refractivity contribution in [2.45, 2.75) is 26.4 Å². The van der Waals surface area contributed by atoms with Gasteiger partial charge < -0.3 is 9.88 Å². The summed E-state index contributed by atoms with van der Waals surface area (Å²) in [5, 5.41) is 14.0. The van der Waals surface area contributed by atoms with E-state index in [1.807, 2.05) is 48.0 Å². The van der Waals surface area contributed by atoms with Crippen LogP contribution in [0.4, 0.5) is 5.69 Å². The summed E-state index contributed by atoms with van der Waals surface area (Å²) in [6.07, 6.45) is 0. The number of benzene rings is 3. The van der Waals surface area contributed by atoms with Gasteiger partial charge in [-0.2, -0.15) is 0 Å². The number of tetrazole rings is 1. The summed E-state index contributed by atoms with van der Waals surface area (Å²) in [5.41, 5.74) is 5.95. The zero-order valence-corrected chi connectivity index (χ0v) is 21.7. The molecule has 0 spiro atoms. The molecule has 6 rings (SSSR count). The Kier molecular flexibility index (Phi) is 6.47. The summed E-state index contributed by atoms with van der Waals surface area (Å²) < 4.78 is 1.83. The Balaban J connectivity index is 1.42. The number of hydrogen-bond acceptors (Lipinski definition) is 6.